The van der Waals surface area contributed by atoms with E-state index in [0.29, 0.717) is 36.2 Å². The molecule has 0 aromatic carbocycles. The van der Waals surface area contributed by atoms with Crippen molar-refractivity contribution in [2.24, 2.45) is 51.8 Å². The van der Waals surface area contributed by atoms with E-state index in [1.54, 1.807) is 0 Å². The summed E-state index contributed by atoms with van der Waals surface area (Å²) in [6.45, 7) is 8.95. The SMILES string of the molecule is C#CCOC(=O)[C@]1(C)CCC[C@]2(C)[C@H]3C[C@H]4C(C(C)C)=C[C@]3(CC[C@H]21)[C@@H]1C(=O)CCC(=O)[C@@H]14. The summed E-state index contributed by atoms with van der Waals surface area (Å²) in [7, 11) is 0. The summed E-state index contributed by atoms with van der Waals surface area (Å²) >= 11 is 0. The first-order valence-electron chi connectivity index (χ1n) is 13.0. The fourth-order valence-electron chi connectivity index (χ4n) is 9.60. The summed E-state index contributed by atoms with van der Waals surface area (Å²) in [5, 5.41) is 0. The van der Waals surface area contributed by atoms with E-state index in [4.69, 9.17) is 11.2 Å². The van der Waals surface area contributed by atoms with E-state index in [0.717, 1.165) is 38.5 Å². The van der Waals surface area contributed by atoms with Crippen molar-refractivity contribution < 1.29 is 19.1 Å². The van der Waals surface area contributed by atoms with Gasteiger partial charge in [-0.1, -0.05) is 44.8 Å². The Morgan fingerprint density at radius 3 is 2.58 bits per heavy atom. The Bertz CT molecular complexity index is 969. The van der Waals surface area contributed by atoms with Crippen molar-refractivity contribution >= 4 is 17.5 Å². The molecule has 6 aliphatic rings. The number of hydrogen-bond donors (Lipinski definition) is 0. The molecular formula is C29H38O4. The van der Waals surface area contributed by atoms with Gasteiger partial charge in [0.2, 0.25) is 0 Å². The monoisotopic (exact) mass is 450 g/mol. The maximum absolute atomic E-state index is 13.4. The molecule has 0 unspecified atom stereocenters. The third-order valence-electron chi connectivity index (χ3n) is 10.8. The molecule has 0 aliphatic heterocycles. The highest BCUT2D eigenvalue weighted by Gasteiger charge is 2.70. The highest BCUT2D eigenvalue weighted by molar-refractivity contribution is 5.98. The van der Waals surface area contributed by atoms with E-state index in [1.807, 2.05) is 0 Å². The number of ketones is 2. The van der Waals surface area contributed by atoms with E-state index in [9.17, 15) is 14.4 Å². The number of terminal acetylenes is 1. The van der Waals surface area contributed by atoms with Crippen molar-refractivity contribution in [3.8, 4) is 12.3 Å². The van der Waals surface area contributed by atoms with Crippen LogP contribution in [0.4, 0.5) is 0 Å². The molecule has 6 rings (SSSR count). The van der Waals surface area contributed by atoms with Crippen LogP contribution in [0.25, 0.3) is 0 Å². The van der Waals surface area contributed by atoms with Crippen LogP contribution in [-0.2, 0) is 19.1 Å². The van der Waals surface area contributed by atoms with Crippen molar-refractivity contribution in [1.29, 1.82) is 0 Å². The second-order valence-corrected chi connectivity index (χ2v) is 12.4. The van der Waals surface area contributed by atoms with Gasteiger partial charge in [0.15, 0.2) is 6.61 Å². The van der Waals surface area contributed by atoms with Crippen LogP contribution < -0.4 is 0 Å². The van der Waals surface area contributed by atoms with Gasteiger partial charge in [0, 0.05) is 30.1 Å². The molecule has 6 aliphatic carbocycles. The van der Waals surface area contributed by atoms with Crippen LogP contribution in [0.2, 0.25) is 0 Å². The molecule has 0 aromatic rings. The first kappa shape index (κ1) is 22.9. The van der Waals surface area contributed by atoms with E-state index >= 15 is 0 Å². The van der Waals surface area contributed by atoms with Crippen LogP contribution in [0.3, 0.4) is 0 Å². The predicted molar refractivity (Wildman–Crippen MR) is 126 cm³/mol. The standard InChI is InChI=1S/C29H38O4/c1-6-14-33-26(32)28(5)12-7-11-27(4)22(28)10-13-29-16-19(17(2)3)18(15-23(27)29)24-20(30)8-9-21(31)25(24)29/h1,16-18,22-25H,7-15H2,2-5H3/t18-,22+,23+,24-,25+,27-,28+,29-/m0/s1. The number of ether oxygens (including phenoxy) is 1. The number of Topliss-reactive ketones (excluding diaryl/α,β-unsaturated/α-hetero) is 2. The minimum Gasteiger partial charge on any atom is -0.452 e. The molecule has 4 nitrogen and oxygen atoms in total. The van der Waals surface area contributed by atoms with Crippen LogP contribution in [-0.4, -0.2) is 24.1 Å². The van der Waals surface area contributed by atoms with Crippen molar-refractivity contribution in [2.75, 3.05) is 6.61 Å². The first-order valence-corrected chi connectivity index (χ1v) is 13.0. The summed E-state index contributed by atoms with van der Waals surface area (Å²) in [6.07, 6.45) is 14.3. The van der Waals surface area contributed by atoms with Crippen LogP contribution in [0.15, 0.2) is 11.6 Å². The zero-order chi connectivity index (χ0) is 23.8. The fraction of sp³-hybridized carbons (Fsp3) is 0.759. The topological polar surface area (TPSA) is 60.4 Å². The molecule has 0 heterocycles. The number of hydrogen-bond acceptors (Lipinski definition) is 4. The van der Waals surface area contributed by atoms with Gasteiger partial charge in [-0.25, -0.2) is 0 Å². The first-order chi connectivity index (χ1) is 15.6. The van der Waals surface area contributed by atoms with Gasteiger partial charge in [0.1, 0.15) is 11.6 Å². The quantitative estimate of drug-likeness (QED) is 0.339. The number of fused-ring (bicyclic) bond motifs is 1. The zero-order valence-electron chi connectivity index (χ0n) is 20.6. The molecule has 178 valence electrons. The van der Waals surface area contributed by atoms with Gasteiger partial charge in [-0.3, -0.25) is 14.4 Å². The lowest BCUT2D eigenvalue weighted by Gasteiger charge is -2.70. The highest BCUT2D eigenvalue weighted by atomic mass is 16.5. The Kier molecular flexibility index (Phi) is 5.24. The molecule has 0 N–H and O–H groups in total. The Balaban J connectivity index is 1.60. The average Bonchev–Trinajstić information content (AvgIpc) is 2.78. The lowest BCUT2D eigenvalue weighted by molar-refractivity contribution is -0.202. The Hall–Kier alpha value is -1.89. The van der Waals surface area contributed by atoms with Crippen molar-refractivity contribution in [3.63, 3.8) is 0 Å². The van der Waals surface area contributed by atoms with E-state index in [1.165, 1.54) is 5.57 Å². The molecule has 0 radical (unpaired) electrons. The minimum atomic E-state index is -0.543. The number of carbonyl (C=O) groups excluding carboxylic acids is 3. The molecule has 8 atom stereocenters. The third-order valence-corrected chi connectivity index (χ3v) is 10.8. The van der Waals surface area contributed by atoms with Gasteiger partial charge in [0.25, 0.3) is 0 Å². The smallest absolute Gasteiger partial charge is 0.313 e. The van der Waals surface area contributed by atoms with Gasteiger partial charge >= 0.3 is 5.97 Å². The van der Waals surface area contributed by atoms with Gasteiger partial charge in [0.05, 0.1) is 5.41 Å². The summed E-state index contributed by atoms with van der Waals surface area (Å²) in [5.41, 5.74) is 0.574. The average molecular weight is 451 g/mol. The van der Waals surface area contributed by atoms with Crippen LogP contribution in [0.5, 0.6) is 0 Å². The normalized spacial score (nSPS) is 46.1. The van der Waals surface area contributed by atoms with Crippen molar-refractivity contribution in [3.05, 3.63) is 11.6 Å². The zero-order valence-corrected chi connectivity index (χ0v) is 20.6. The molecule has 4 saturated carbocycles. The van der Waals surface area contributed by atoms with Crippen molar-refractivity contribution in [2.45, 2.75) is 79.1 Å². The van der Waals surface area contributed by atoms with E-state index < -0.39 is 5.41 Å². The van der Waals surface area contributed by atoms with Crippen LogP contribution in [0, 0.1) is 64.1 Å². The number of allylic oxidation sites excluding steroid dienone is 2. The molecule has 2 bridgehead atoms. The maximum Gasteiger partial charge on any atom is 0.313 e. The predicted octanol–water partition coefficient (Wildman–Crippen LogP) is 5.15. The molecule has 0 amide bonds. The third kappa shape index (κ3) is 2.93. The molecule has 33 heavy (non-hydrogen) atoms. The van der Waals surface area contributed by atoms with E-state index in [2.05, 4.69) is 39.7 Å². The number of esters is 1. The van der Waals surface area contributed by atoms with Gasteiger partial charge < -0.3 is 4.74 Å². The largest absolute Gasteiger partial charge is 0.452 e. The van der Waals surface area contributed by atoms with Crippen LogP contribution in [0.1, 0.15) is 79.1 Å². The van der Waals surface area contributed by atoms with Crippen molar-refractivity contribution in [1.82, 2.24) is 0 Å². The minimum absolute atomic E-state index is 0.0220. The van der Waals surface area contributed by atoms with Gasteiger partial charge in [-0.2, -0.15) is 0 Å². The van der Waals surface area contributed by atoms with Gasteiger partial charge in [-0.15, -0.1) is 6.42 Å². The molecule has 0 saturated heterocycles. The molecular weight excluding hydrogens is 412 g/mol. The van der Waals surface area contributed by atoms with Crippen LogP contribution >= 0.6 is 0 Å². The molecule has 4 heteroatoms. The Morgan fingerprint density at radius 2 is 1.88 bits per heavy atom. The second-order valence-electron chi connectivity index (χ2n) is 12.4. The Morgan fingerprint density at radius 1 is 1.15 bits per heavy atom. The summed E-state index contributed by atoms with van der Waals surface area (Å²) < 4.78 is 5.50. The molecule has 0 aromatic heterocycles. The molecule has 4 fully saturated rings. The summed E-state index contributed by atoms with van der Waals surface area (Å²) in [5.74, 6) is 3.71. The lowest BCUT2D eigenvalue weighted by Crippen LogP contribution is -2.67. The summed E-state index contributed by atoms with van der Waals surface area (Å²) in [6, 6.07) is 0. The van der Waals surface area contributed by atoms with Gasteiger partial charge in [-0.05, 0) is 68.1 Å². The second kappa shape index (κ2) is 7.56. The molecule has 1 spiro atoms. The number of carbonyl (C=O) groups is 3. The lowest BCUT2D eigenvalue weighted by atomic mass is 9.33. The highest BCUT2D eigenvalue weighted by Crippen LogP contribution is 2.74. The fourth-order valence-corrected chi connectivity index (χ4v) is 9.60. The Labute approximate surface area is 198 Å². The van der Waals surface area contributed by atoms with E-state index in [-0.39, 0.29) is 47.1 Å². The summed E-state index contributed by atoms with van der Waals surface area (Å²) in [4.78, 5) is 39.9. The maximum atomic E-state index is 13.4. The number of rotatable bonds is 3.